The molecule has 0 bridgehead atoms. The monoisotopic (exact) mass is 386 g/mol. The van der Waals surface area contributed by atoms with E-state index in [1.165, 1.54) is 4.31 Å². The van der Waals surface area contributed by atoms with Crippen LogP contribution in [0.5, 0.6) is 0 Å². The second kappa shape index (κ2) is 8.23. The van der Waals surface area contributed by atoms with Crippen molar-refractivity contribution < 1.29 is 13.2 Å². The Morgan fingerprint density at radius 3 is 2.48 bits per heavy atom. The molecule has 1 aliphatic heterocycles. The molecular formula is C21H26N2O3S. The number of benzene rings is 2. The van der Waals surface area contributed by atoms with Crippen molar-refractivity contribution in [2.75, 3.05) is 13.1 Å². The van der Waals surface area contributed by atoms with Crippen molar-refractivity contribution in [1.29, 1.82) is 0 Å². The zero-order chi connectivity index (χ0) is 19.4. The molecule has 1 saturated heterocycles. The van der Waals surface area contributed by atoms with Crippen LogP contribution < -0.4 is 5.32 Å². The summed E-state index contributed by atoms with van der Waals surface area (Å²) >= 11 is 0. The third-order valence-corrected chi connectivity index (χ3v) is 7.03. The van der Waals surface area contributed by atoms with Crippen molar-refractivity contribution in [3.8, 4) is 0 Å². The molecule has 2 unspecified atom stereocenters. The molecule has 6 heteroatoms. The molecule has 0 radical (unpaired) electrons. The predicted octanol–water partition coefficient (Wildman–Crippen LogP) is 3.27. The fourth-order valence-electron chi connectivity index (χ4n) is 3.60. The Bertz CT molecular complexity index is 897. The summed E-state index contributed by atoms with van der Waals surface area (Å²) in [6.45, 7) is 4.66. The van der Waals surface area contributed by atoms with Gasteiger partial charge in [-0.3, -0.25) is 4.79 Å². The number of carbonyl (C=O) groups excluding carboxylic acids is 1. The summed E-state index contributed by atoms with van der Waals surface area (Å²) in [7, 11) is -3.56. The second-order valence-electron chi connectivity index (χ2n) is 7.10. The number of carbonyl (C=O) groups is 1. The number of sulfonamides is 1. The first-order valence-corrected chi connectivity index (χ1v) is 10.7. The van der Waals surface area contributed by atoms with Gasteiger partial charge in [0.25, 0.3) is 0 Å². The summed E-state index contributed by atoms with van der Waals surface area (Å²) < 4.78 is 27.1. The van der Waals surface area contributed by atoms with Crippen molar-refractivity contribution in [2.24, 2.45) is 5.92 Å². The number of piperidine rings is 1. The number of aryl methyl sites for hydroxylation is 1. The van der Waals surface area contributed by atoms with Crippen LogP contribution in [0.15, 0.2) is 59.5 Å². The molecule has 0 spiro atoms. The molecule has 0 aromatic heterocycles. The van der Waals surface area contributed by atoms with Gasteiger partial charge in [-0.15, -0.1) is 0 Å². The van der Waals surface area contributed by atoms with Crippen LogP contribution in [-0.4, -0.2) is 31.7 Å². The van der Waals surface area contributed by atoms with E-state index in [2.05, 4.69) is 5.32 Å². The molecule has 144 valence electrons. The normalized spacial score (nSPS) is 19.4. The van der Waals surface area contributed by atoms with E-state index in [-0.39, 0.29) is 29.3 Å². The van der Waals surface area contributed by atoms with Gasteiger partial charge in [-0.05, 0) is 49.9 Å². The minimum absolute atomic E-state index is 0.0845. The number of hydrogen-bond acceptors (Lipinski definition) is 3. The summed E-state index contributed by atoms with van der Waals surface area (Å²) in [6.07, 6.45) is 1.38. The summed E-state index contributed by atoms with van der Waals surface area (Å²) in [5.74, 6) is -0.414. The third kappa shape index (κ3) is 4.39. The van der Waals surface area contributed by atoms with E-state index in [4.69, 9.17) is 0 Å². The topological polar surface area (TPSA) is 66.5 Å². The Hall–Kier alpha value is -2.18. The van der Waals surface area contributed by atoms with Gasteiger partial charge in [0.05, 0.1) is 16.9 Å². The van der Waals surface area contributed by atoms with Crippen LogP contribution in [0.3, 0.4) is 0 Å². The van der Waals surface area contributed by atoms with Crippen LogP contribution >= 0.6 is 0 Å². The van der Waals surface area contributed by atoms with Crippen molar-refractivity contribution in [3.63, 3.8) is 0 Å². The molecular weight excluding hydrogens is 360 g/mol. The molecule has 2 aromatic rings. The van der Waals surface area contributed by atoms with E-state index in [0.717, 1.165) is 11.1 Å². The Labute approximate surface area is 161 Å². The van der Waals surface area contributed by atoms with E-state index >= 15 is 0 Å². The highest BCUT2D eigenvalue weighted by Crippen LogP contribution is 2.25. The highest BCUT2D eigenvalue weighted by atomic mass is 32.2. The van der Waals surface area contributed by atoms with Gasteiger partial charge >= 0.3 is 0 Å². The second-order valence-corrected chi connectivity index (χ2v) is 9.04. The van der Waals surface area contributed by atoms with Crippen LogP contribution in [0.4, 0.5) is 0 Å². The zero-order valence-electron chi connectivity index (χ0n) is 15.8. The quantitative estimate of drug-likeness (QED) is 0.858. The molecule has 27 heavy (non-hydrogen) atoms. The highest BCUT2D eigenvalue weighted by Gasteiger charge is 2.33. The maximum Gasteiger partial charge on any atom is 0.243 e. The Balaban J connectivity index is 1.69. The fourth-order valence-corrected chi connectivity index (χ4v) is 5.14. The number of hydrogen-bond donors (Lipinski definition) is 1. The first-order chi connectivity index (χ1) is 12.9. The molecule has 1 amide bonds. The Morgan fingerprint density at radius 2 is 1.78 bits per heavy atom. The van der Waals surface area contributed by atoms with E-state index < -0.39 is 10.0 Å². The maximum absolute atomic E-state index is 12.8. The van der Waals surface area contributed by atoms with Crippen molar-refractivity contribution in [1.82, 2.24) is 9.62 Å². The van der Waals surface area contributed by atoms with Crippen molar-refractivity contribution >= 4 is 15.9 Å². The van der Waals surface area contributed by atoms with Gasteiger partial charge in [0, 0.05) is 13.1 Å². The molecule has 0 saturated carbocycles. The first-order valence-electron chi connectivity index (χ1n) is 9.30. The van der Waals surface area contributed by atoms with Crippen LogP contribution in [0, 0.1) is 12.8 Å². The molecule has 1 N–H and O–H groups in total. The standard InChI is InChI=1S/C21H26N2O3S/c1-16-9-6-7-13-20(16)17(2)22-21(24)18-10-8-14-23(15-18)27(25,26)19-11-4-3-5-12-19/h3-7,9,11-13,17-18H,8,10,14-15H2,1-2H3,(H,22,24). The third-order valence-electron chi connectivity index (χ3n) is 5.15. The lowest BCUT2D eigenvalue weighted by Crippen LogP contribution is -2.45. The van der Waals surface area contributed by atoms with E-state index in [0.29, 0.717) is 19.4 Å². The minimum Gasteiger partial charge on any atom is -0.349 e. The number of nitrogens with zero attached hydrogens (tertiary/aromatic N) is 1. The average Bonchev–Trinajstić information content (AvgIpc) is 2.69. The van der Waals surface area contributed by atoms with Crippen molar-refractivity contribution in [3.05, 3.63) is 65.7 Å². The average molecular weight is 387 g/mol. The Kier molecular flexibility index (Phi) is 5.97. The van der Waals surface area contributed by atoms with Crippen LogP contribution in [-0.2, 0) is 14.8 Å². The van der Waals surface area contributed by atoms with Crippen LogP contribution in [0.2, 0.25) is 0 Å². The SMILES string of the molecule is Cc1ccccc1C(C)NC(=O)C1CCCN(S(=O)(=O)c2ccccc2)C1. The summed E-state index contributed by atoms with van der Waals surface area (Å²) in [5, 5.41) is 3.06. The minimum atomic E-state index is -3.56. The van der Waals surface area contributed by atoms with Crippen LogP contribution in [0.1, 0.15) is 36.9 Å². The molecule has 1 fully saturated rings. The molecule has 2 atom stereocenters. The zero-order valence-corrected chi connectivity index (χ0v) is 16.6. The molecule has 1 aliphatic rings. The lowest BCUT2D eigenvalue weighted by molar-refractivity contribution is -0.126. The first kappa shape index (κ1) is 19.6. The lowest BCUT2D eigenvalue weighted by Gasteiger charge is -2.32. The van der Waals surface area contributed by atoms with Gasteiger partial charge in [0.2, 0.25) is 15.9 Å². The van der Waals surface area contributed by atoms with Crippen LogP contribution in [0.25, 0.3) is 0 Å². The van der Waals surface area contributed by atoms with Crippen molar-refractivity contribution in [2.45, 2.75) is 37.6 Å². The molecule has 5 nitrogen and oxygen atoms in total. The van der Waals surface area contributed by atoms with E-state index in [9.17, 15) is 13.2 Å². The number of nitrogens with one attached hydrogen (secondary N) is 1. The predicted molar refractivity (Wildman–Crippen MR) is 106 cm³/mol. The van der Waals surface area contributed by atoms with E-state index in [1.54, 1.807) is 30.3 Å². The van der Waals surface area contributed by atoms with Gasteiger partial charge in [0.1, 0.15) is 0 Å². The number of amides is 1. The number of rotatable bonds is 5. The smallest absolute Gasteiger partial charge is 0.243 e. The van der Waals surface area contributed by atoms with E-state index in [1.807, 2.05) is 38.1 Å². The molecule has 1 heterocycles. The van der Waals surface area contributed by atoms with Gasteiger partial charge in [-0.25, -0.2) is 8.42 Å². The van der Waals surface area contributed by atoms with Gasteiger partial charge in [0.15, 0.2) is 0 Å². The molecule has 2 aromatic carbocycles. The summed E-state index contributed by atoms with van der Waals surface area (Å²) in [4.78, 5) is 13.0. The molecule has 3 rings (SSSR count). The highest BCUT2D eigenvalue weighted by molar-refractivity contribution is 7.89. The fraction of sp³-hybridized carbons (Fsp3) is 0.381. The summed E-state index contributed by atoms with van der Waals surface area (Å²) in [6, 6.07) is 16.3. The van der Waals surface area contributed by atoms with Gasteiger partial charge < -0.3 is 5.32 Å². The van der Waals surface area contributed by atoms with Gasteiger partial charge in [-0.2, -0.15) is 4.31 Å². The lowest BCUT2D eigenvalue weighted by atomic mass is 9.97. The van der Waals surface area contributed by atoms with Gasteiger partial charge in [-0.1, -0.05) is 42.5 Å². The summed E-state index contributed by atoms with van der Waals surface area (Å²) in [5.41, 5.74) is 2.21. The molecule has 0 aliphatic carbocycles. The Morgan fingerprint density at radius 1 is 1.11 bits per heavy atom. The largest absolute Gasteiger partial charge is 0.349 e. The maximum atomic E-state index is 12.8.